The van der Waals surface area contributed by atoms with Crippen molar-refractivity contribution < 1.29 is 8.91 Å². The van der Waals surface area contributed by atoms with Crippen molar-refractivity contribution in [2.24, 2.45) is 0 Å². The molecule has 3 heterocycles. The van der Waals surface area contributed by atoms with Crippen LogP contribution < -0.4 is 0 Å². The SMILES string of the molecule is Fc1ccccc1-n1nnc(-c2ncno2)c1-c1ccncc1. The molecule has 0 aliphatic rings. The molecule has 23 heavy (non-hydrogen) atoms. The van der Waals surface area contributed by atoms with E-state index >= 15 is 0 Å². The molecule has 0 amide bonds. The molecule has 0 saturated carbocycles. The van der Waals surface area contributed by atoms with Crippen LogP contribution in [-0.2, 0) is 0 Å². The standard InChI is InChI=1S/C15H9FN6O/c16-11-3-1-2-4-12(11)22-14(10-5-7-17-8-6-10)13(20-21-22)15-18-9-19-23-15/h1-9H. The maximum atomic E-state index is 14.2. The monoisotopic (exact) mass is 308 g/mol. The van der Waals surface area contributed by atoms with Gasteiger partial charge in [-0.3, -0.25) is 4.98 Å². The van der Waals surface area contributed by atoms with E-state index in [1.807, 2.05) is 0 Å². The van der Waals surface area contributed by atoms with Gasteiger partial charge in [0.05, 0.1) is 0 Å². The third-order valence-electron chi connectivity index (χ3n) is 3.27. The van der Waals surface area contributed by atoms with E-state index in [-0.39, 0.29) is 11.6 Å². The minimum absolute atomic E-state index is 0.208. The fraction of sp³-hybridized carbons (Fsp3) is 0. The molecule has 0 N–H and O–H groups in total. The van der Waals surface area contributed by atoms with Crippen LogP contribution in [0, 0.1) is 5.82 Å². The summed E-state index contributed by atoms with van der Waals surface area (Å²) >= 11 is 0. The van der Waals surface area contributed by atoms with Crippen molar-refractivity contribution in [3.8, 4) is 28.5 Å². The molecular weight excluding hydrogens is 299 g/mol. The lowest BCUT2D eigenvalue weighted by Gasteiger charge is -2.07. The maximum Gasteiger partial charge on any atom is 0.280 e. The fourth-order valence-electron chi connectivity index (χ4n) is 2.26. The van der Waals surface area contributed by atoms with Crippen LogP contribution in [0.15, 0.2) is 59.6 Å². The summed E-state index contributed by atoms with van der Waals surface area (Å²) in [7, 11) is 0. The Bertz CT molecular complexity index is 936. The van der Waals surface area contributed by atoms with E-state index in [0.717, 1.165) is 5.56 Å². The van der Waals surface area contributed by atoms with Gasteiger partial charge < -0.3 is 4.52 Å². The first kappa shape index (κ1) is 13.3. The first-order valence-corrected chi connectivity index (χ1v) is 6.72. The van der Waals surface area contributed by atoms with Gasteiger partial charge in [0, 0.05) is 18.0 Å². The van der Waals surface area contributed by atoms with Crippen LogP contribution in [-0.4, -0.2) is 30.1 Å². The summed E-state index contributed by atoms with van der Waals surface area (Å²) < 4.78 is 20.7. The number of para-hydroxylation sites is 1. The molecule has 0 radical (unpaired) electrons. The van der Waals surface area contributed by atoms with E-state index in [4.69, 9.17) is 4.52 Å². The van der Waals surface area contributed by atoms with Crippen LogP contribution in [0.4, 0.5) is 4.39 Å². The molecule has 1 aromatic carbocycles. The summed E-state index contributed by atoms with van der Waals surface area (Å²) in [6, 6.07) is 9.86. The number of aromatic nitrogens is 6. The van der Waals surface area contributed by atoms with Crippen LogP contribution in [0.5, 0.6) is 0 Å². The van der Waals surface area contributed by atoms with Crippen molar-refractivity contribution in [3.63, 3.8) is 0 Å². The molecule has 0 unspecified atom stereocenters. The van der Waals surface area contributed by atoms with Crippen molar-refractivity contribution in [1.29, 1.82) is 0 Å². The van der Waals surface area contributed by atoms with E-state index in [1.165, 1.54) is 17.1 Å². The zero-order valence-corrected chi connectivity index (χ0v) is 11.7. The lowest BCUT2D eigenvalue weighted by Crippen LogP contribution is -2.02. The third-order valence-corrected chi connectivity index (χ3v) is 3.27. The normalized spacial score (nSPS) is 10.8. The van der Waals surface area contributed by atoms with Crippen LogP contribution >= 0.6 is 0 Å². The molecule has 0 aliphatic heterocycles. The summed E-state index contributed by atoms with van der Waals surface area (Å²) in [5.41, 5.74) is 1.94. The summed E-state index contributed by atoms with van der Waals surface area (Å²) in [5, 5.41) is 11.7. The Morgan fingerprint density at radius 1 is 1.04 bits per heavy atom. The van der Waals surface area contributed by atoms with Gasteiger partial charge in [0.1, 0.15) is 17.2 Å². The second-order valence-corrected chi connectivity index (χ2v) is 4.63. The van der Waals surface area contributed by atoms with Gasteiger partial charge in [-0.05, 0) is 24.3 Å². The number of benzene rings is 1. The molecule has 7 nitrogen and oxygen atoms in total. The second-order valence-electron chi connectivity index (χ2n) is 4.63. The van der Waals surface area contributed by atoms with Gasteiger partial charge in [0.2, 0.25) is 0 Å². The lowest BCUT2D eigenvalue weighted by atomic mass is 10.1. The molecule has 3 aromatic heterocycles. The Morgan fingerprint density at radius 2 is 1.87 bits per heavy atom. The van der Waals surface area contributed by atoms with Gasteiger partial charge in [0.25, 0.3) is 5.89 Å². The summed E-state index contributed by atoms with van der Waals surface area (Å²) in [5.74, 6) is -0.204. The Kier molecular flexibility index (Phi) is 3.12. The predicted molar refractivity (Wildman–Crippen MR) is 77.8 cm³/mol. The van der Waals surface area contributed by atoms with Gasteiger partial charge >= 0.3 is 0 Å². The first-order valence-electron chi connectivity index (χ1n) is 6.72. The molecule has 8 heteroatoms. The molecule has 112 valence electrons. The van der Waals surface area contributed by atoms with Crippen molar-refractivity contribution >= 4 is 0 Å². The molecule has 0 aliphatic carbocycles. The Morgan fingerprint density at radius 3 is 2.61 bits per heavy atom. The van der Waals surface area contributed by atoms with Crippen LogP contribution in [0.2, 0.25) is 0 Å². The van der Waals surface area contributed by atoms with Gasteiger partial charge in [-0.1, -0.05) is 22.5 Å². The number of halogens is 1. The van der Waals surface area contributed by atoms with E-state index in [0.29, 0.717) is 11.4 Å². The van der Waals surface area contributed by atoms with E-state index in [2.05, 4.69) is 25.4 Å². The highest BCUT2D eigenvalue weighted by molar-refractivity contribution is 5.75. The van der Waals surface area contributed by atoms with Crippen molar-refractivity contribution in [2.45, 2.75) is 0 Å². The highest BCUT2D eigenvalue weighted by Gasteiger charge is 2.22. The largest absolute Gasteiger partial charge is 0.332 e. The van der Waals surface area contributed by atoms with Gasteiger partial charge in [0.15, 0.2) is 12.0 Å². The molecular formula is C15H9FN6O. The Balaban J connectivity index is 2.00. The second kappa shape index (κ2) is 5.41. The number of hydrogen-bond donors (Lipinski definition) is 0. The predicted octanol–water partition coefficient (Wildman–Crippen LogP) is 2.52. The molecule has 0 spiro atoms. The Hall–Kier alpha value is -3.42. The minimum Gasteiger partial charge on any atom is -0.332 e. The summed E-state index contributed by atoms with van der Waals surface area (Å²) in [6.07, 6.45) is 4.53. The third kappa shape index (κ3) is 2.26. The smallest absolute Gasteiger partial charge is 0.280 e. The summed E-state index contributed by atoms with van der Waals surface area (Å²) in [4.78, 5) is 7.99. The number of pyridine rings is 1. The number of hydrogen-bond acceptors (Lipinski definition) is 6. The Labute approximate surface area is 129 Å². The van der Waals surface area contributed by atoms with Gasteiger partial charge in [-0.2, -0.15) is 4.98 Å². The van der Waals surface area contributed by atoms with Crippen LogP contribution in [0.1, 0.15) is 0 Å². The lowest BCUT2D eigenvalue weighted by molar-refractivity contribution is 0.429. The minimum atomic E-state index is -0.412. The van der Waals surface area contributed by atoms with Crippen LogP contribution in [0.25, 0.3) is 28.5 Å². The average molecular weight is 308 g/mol. The molecule has 0 atom stereocenters. The van der Waals surface area contributed by atoms with Crippen molar-refractivity contribution in [3.05, 3.63) is 60.9 Å². The van der Waals surface area contributed by atoms with E-state index in [1.54, 1.807) is 42.7 Å². The average Bonchev–Trinajstić information content (AvgIpc) is 3.25. The van der Waals surface area contributed by atoms with Crippen LogP contribution in [0.3, 0.4) is 0 Å². The van der Waals surface area contributed by atoms with E-state index < -0.39 is 5.82 Å². The van der Waals surface area contributed by atoms with Crippen molar-refractivity contribution in [1.82, 2.24) is 30.1 Å². The van der Waals surface area contributed by atoms with Crippen molar-refractivity contribution in [2.75, 3.05) is 0 Å². The molecule has 4 aromatic rings. The number of nitrogens with zero attached hydrogens (tertiary/aromatic N) is 6. The highest BCUT2D eigenvalue weighted by Crippen LogP contribution is 2.31. The summed E-state index contributed by atoms with van der Waals surface area (Å²) in [6.45, 7) is 0. The molecule has 0 fully saturated rings. The van der Waals surface area contributed by atoms with Gasteiger partial charge in [-0.25, -0.2) is 9.07 Å². The molecule has 0 saturated heterocycles. The van der Waals surface area contributed by atoms with E-state index in [9.17, 15) is 4.39 Å². The maximum absolute atomic E-state index is 14.2. The molecule has 4 rings (SSSR count). The zero-order chi connectivity index (χ0) is 15.6. The number of rotatable bonds is 3. The quantitative estimate of drug-likeness (QED) is 0.578. The highest BCUT2D eigenvalue weighted by atomic mass is 19.1. The topological polar surface area (TPSA) is 82.5 Å². The van der Waals surface area contributed by atoms with Gasteiger partial charge in [-0.15, -0.1) is 5.10 Å². The fourth-order valence-corrected chi connectivity index (χ4v) is 2.26. The zero-order valence-electron chi connectivity index (χ0n) is 11.7. The first-order chi connectivity index (χ1) is 11.3. The molecule has 0 bridgehead atoms.